The number of nitrogens with two attached hydrogens (primary N) is 1. The molecule has 6 heteroatoms. The van der Waals surface area contributed by atoms with E-state index in [0.29, 0.717) is 5.02 Å². The summed E-state index contributed by atoms with van der Waals surface area (Å²) in [7, 11) is 0. The van der Waals surface area contributed by atoms with Crippen LogP contribution in [0.25, 0.3) is 0 Å². The van der Waals surface area contributed by atoms with Gasteiger partial charge in [0, 0.05) is 9.13 Å². The summed E-state index contributed by atoms with van der Waals surface area (Å²) in [6, 6.07) is 8.78. The normalized spacial score (nSPS) is 12.4. The molecule has 0 bridgehead atoms. The summed E-state index contributed by atoms with van der Waals surface area (Å²) in [5.41, 5.74) is 3.36. The van der Waals surface area contributed by atoms with Gasteiger partial charge in [-0.2, -0.15) is 0 Å². The molecular formula is C14H12ClF2IN2. The quantitative estimate of drug-likeness (QED) is 0.456. The first-order valence-corrected chi connectivity index (χ1v) is 7.32. The van der Waals surface area contributed by atoms with Crippen LogP contribution >= 0.6 is 34.2 Å². The molecule has 2 rings (SSSR count). The van der Waals surface area contributed by atoms with E-state index in [4.69, 9.17) is 17.4 Å². The molecule has 0 aromatic heterocycles. The van der Waals surface area contributed by atoms with Crippen LogP contribution in [-0.2, 0) is 6.42 Å². The minimum absolute atomic E-state index is 0.00474. The summed E-state index contributed by atoms with van der Waals surface area (Å²) in [6.45, 7) is 0. The third-order valence-corrected chi connectivity index (χ3v) is 4.59. The molecule has 2 nitrogen and oxygen atoms in total. The lowest BCUT2D eigenvalue weighted by Gasteiger charge is -2.18. The third kappa shape index (κ3) is 3.46. The van der Waals surface area contributed by atoms with Crippen LogP contribution in [0.2, 0.25) is 5.02 Å². The fourth-order valence-corrected chi connectivity index (χ4v) is 2.46. The molecule has 2 aromatic rings. The Labute approximate surface area is 134 Å². The molecular weight excluding hydrogens is 397 g/mol. The van der Waals surface area contributed by atoms with Crippen molar-refractivity contribution in [3.05, 3.63) is 67.8 Å². The monoisotopic (exact) mass is 408 g/mol. The number of hydrogen-bond acceptors (Lipinski definition) is 2. The maximum Gasteiger partial charge on any atom is 0.129 e. The summed E-state index contributed by atoms with van der Waals surface area (Å²) < 4.78 is 28.2. The van der Waals surface area contributed by atoms with Crippen molar-refractivity contribution in [1.29, 1.82) is 0 Å². The van der Waals surface area contributed by atoms with Crippen molar-refractivity contribution in [2.24, 2.45) is 5.84 Å². The maximum absolute atomic E-state index is 13.7. The lowest BCUT2D eigenvalue weighted by Crippen LogP contribution is -2.30. The molecule has 106 valence electrons. The van der Waals surface area contributed by atoms with Gasteiger partial charge in [-0.1, -0.05) is 23.7 Å². The smallest absolute Gasteiger partial charge is 0.129 e. The number of benzene rings is 2. The fourth-order valence-electron chi connectivity index (χ4n) is 1.93. The summed E-state index contributed by atoms with van der Waals surface area (Å²) >= 11 is 8.16. The maximum atomic E-state index is 13.7. The van der Waals surface area contributed by atoms with E-state index in [-0.39, 0.29) is 12.0 Å². The summed E-state index contributed by atoms with van der Waals surface area (Å²) in [5, 5.41) is 0.581. The molecule has 0 amide bonds. The third-order valence-electron chi connectivity index (χ3n) is 3.02. The van der Waals surface area contributed by atoms with Crippen molar-refractivity contribution >= 4 is 34.2 Å². The lowest BCUT2D eigenvalue weighted by atomic mass is 9.99. The Bertz CT molecular complexity index is 602. The van der Waals surface area contributed by atoms with Crippen molar-refractivity contribution in [1.82, 2.24) is 5.43 Å². The van der Waals surface area contributed by atoms with E-state index >= 15 is 0 Å². The van der Waals surface area contributed by atoms with E-state index in [9.17, 15) is 8.78 Å². The first-order valence-electron chi connectivity index (χ1n) is 5.87. The highest BCUT2D eigenvalue weighted by Gasteiger charge is 2.17. The second-order valence-electron chi connectivity index (χ2n) is 4.30. The molecule has 0 saturated carbocycles. The Hall–Kier alpha value is -0.760. The van der Waals surface area contributed by atoms with Crippen LogP contribution < -0.4 is 11.3 Å². The van der Waals surface area contributed by atoms with Crippen molar-refractivity contribution in [3.63, 3.8) is 0 Å². The van der Waals surface area contributed by atoms with Gasteiger partial charge in [0.25, 0.3) is 0 Å². The molecule has 3 N–H and O–H groups in total. The Balaban J connectivity index is 2.31. The average Bonchev–Trinajstić information content (AvgIpc) is 2.42. The molecule has 20 heavy (non-hydrogen) atoms. The van der Waals surface area contributed by atoms with Crippen LogP contribution in [-0.4, -0.2) is 0 Å². The number of hydrogen-bond donors (Lipinski definition) is 2. The Kier molecular flexibility index (Phi) is 5.31. The second-order valence-corrected chi connectivity index (χ2v) is 5.87. The van der Waals surface area contributed by atoms with Gasteiger partial charge in [0.05, 0.1) is 11.1 Å². The molecule has 1 atom stereocenters. The molecule has 0 saturated heterocycles. The molecule has 0 radical (unpaired) electrons. The zero-order chi connectivity index (χ0) is 14.7. The zero-order valence-corrected chi connectivity index (χ0v) is 13.3. The Morgan fingerprint density at radius 2 is 1.85 bits per heavy atom. The van der Waals surface area contributed by atoms with Crippen LogP contribution in [0.5, 0.6) is 0 Å². The van der Waals surface area contributed by atoms with Gasteiger partial charge in [-0.05, 0) is 58.8 Å². The number of nitrogens with one attached hydrogen (secondary N) is 1. The minimum atomic E-state index is -0.582. The average molecular weight is 409 g/mol. The predicted molar refractivity (Wildman–Crippen MR) is 84.3 cm³/mol. The highest BCUT2D eigenvalue weighted by molar-refractivity contribution is 14.1. The minimum Gasteiger partial charge on any atom is -0.271 e. The van der Waals surface area contributed by atoms with Crippen LogP contribution in [0.4, 0.5) is 8.78 Å². The van der Waals surface area contributed by atoms with Gasteiger partial charge >= 0.3 is 0 Å². The first kappa shape index (κ1) is 15.6. The SMILES string of the molecule is NNC(Cc1c(F)cccc1F)c1ccc(I)c(Cl)c1. The second kappa shape index (κ2) is 6.80. The van der Waals surface area contributed by atoms with Gasteiger partial charge in [0.2, 0.25) is 0 Å². The first-order chi connectivity index (χ1) is 9.52. The van der Waals surface area contributed by atoms with Crippen LogP contribution in [0.15, 0.2) is 36.4 Å². The molecule has 0 aliphatic heterocycles. The van der Waals surface area contributed by atoms with Crippen molar-refractivity contribution in [2.75, 3.05) is 0 Å². The van der Waals surface area contributed by atoms with Crippen LogP contribution in [0.3, 0.4) is 0 Å². The molecule has 0 aliphatic rings. The molecule has 0 fully saturated rings. The van der Waals surface area contributed by atoms with Crippen molar-refractivity contribution in [2.45, 2.75) is 12.5 Å². The zero-order valence-electron chi connectivity index (χ0n) is 10.3. The van der Waals surface area contributed by atoms with Gasteiger partial charge in [-0.3, -0.25) is 11.3 Å². The molecule has 1 unspecified atom stereocenters. The van der Waals surface area contributed by atoms with E-state index in [1.54, 1.807) is 6.07 Å². The number of hydrazine groups is 1. The highest BCUT2D eigenvalue weighted by atomic mass is 127. The van der Waals surface area contributed by atoms with Crippen molar-refractivity contribution < 1.29 is 8.78 Å². The number of rotatable bonds is 4. The highest BCUT2D eigenvalue weighted by Crippen LogP contribution is 2.26. The van der Waals surface area contributed by atoms with Crippen LogP contribution in [0, 0.1) is 15.2 Å². The van der Waals surface area contributed by atoms with Crippen molar-refractivity contribution in [3.8, 4) is 0 Å². The predicted octanol–water partition coefficient (Wildman–Crippen LogP) is 3.97. The van der Waals surface area contributed by atoms with E-state index in [1.807, 2.05) is 12.1 Å². The van der Waals surface area contributed by atoms with E-state index < -0.39 is 17.7 Å². The fraction of sp³-hybridized carbons (Fsp3) is 0.143. The Morgan fingerprint density at radius 1 is 1.20 bits per heavy atom. The van der Waals surface area contributed by atoms with Gasteiger partial charge in [0.15, 0.2) is 0 Å². The molecule has 0 heterocycles. The lowest BCUT2D eigenvalue weighted by molar-refractivity contribution is 0.500. The Morgan fingerprint density at radius 3 is 2.40 bits per heavy atom. The topological polar surface area (TPSA) is 38.0 Å². The van der Waals surface area contributed by atoms with E-state index in [1.165, 1.54) is 18.2 Å². The largest absolute Gasteiger partial charge is 0.271 e. The summed E-state index contributed by atoms with van der Waals surface area (Å²) in [4.78, 5) is 0. The molecule has 2 aromatic carbocycles. The standard InChI is InChI=1S/C14H12ClF2IN2/c15-10-6-8(4-5-13(10)18)14(20-19)7-9-11(16)2-1-3-12(9)17/h1-6,14,20H,7,19H2. The van der Waals surface area contributed by atoms with Gasteiger partial charge in [0.1, 0.15) is 11.6 Å². The molecule has 0 aliphatic carbocycles. The van der Waals surface area contributed by atoms with E-state index in [2.05, 4.69) is 28.0 Å². The number of halogens is 4. The summed E-state index contributed by atoms with van der Waals surface area (Å²) in [5.74, 6) is 4.34. The van der Waals surface area contributed by atoms with Gasteiger partial charge in [-0.25, -0.2) is 8.78 Å². The van der Waals surface area contributed by atoms with Gasteiger partial charge < -0.3 is 0 Å². The summed E-state index contributed by atoms with van der Waals surface area (Å²) in [6.07, 6.45) is 0.103. The van der Waals surface area contributed by atoms with E-state index in [0.717, 1.165) is 9.13 Å². The molecule has 0 spiro atoms. The van der Waals surface area contributed by atoms with Crippen LogP contribution in [0.1, 0.15) is 17.2 Å². The van der Waals surface area contributed by atoms with Gasteiger partial charge in [-0.15, -0.1) is 0 Å².